The number of benzene rings is 2. The molecule has 2 nitrogen and oxygen atoms in total. The van der Waals surface area contributed by atoms with Gasteiger partial charge in [-0.1, -0.05) is 42.5 Å². The van der Waals surface area contributed by atoms with Crippen LogP contribution in [0.15, 0.2) is 48.5 Å². The van der Waals surface area contributed by atoms with Gasteiger partial charge in [0, 0.05) is 24.3 Å². The molecule has 3 heteroatoms. The average molecular weight is 284 g/mol. The number of aryl methyl sites for hydroxylation is 1. The maximum Gasteiger partial charge on any atom is 0.103 e. The lowest BCUT2D eigenvalue weighted by Gasteiger charge is -2.24. The van der Waals surface area contributed by atoms with Gasteiger partial charge in [-0.25, -0.2) is 0 Å². The lowest BCUT2D eigenvalue weighted by Crippen LogP contribution is -2.22. The molecule has 0 bridgehead atoms. The predicted octanol–water partition coefficient (Wildman–Crippen LogP) is 3.66. The molecule has 0 aliphatic heterocycles. The molecular formula is C17H20N2S. The molecule has 104 valence electrons. The molecule has 0 saturated carbocycles. The minimum atomic E-state index is 0.449. The Balaban J connectivity index is 2.22. The number of nitrogens with zero attached hydrogens (tertiary/aromatic N) is 1. The van der Waals surface area contributed by atoms with Gasteiger partial charge < -0.3 is 10.6 Å². The van der Waals surface area contributed by atoms with Gasteiger partial charge in [0.2, 0.25) is 0 Å². The molecule has 0 aliphatic rings. The monoisotopic (exact) mass is 284 g/mol. The summed E-state index contributed by atoms with van der Waals surface area (Å²) >= 11 is 5.04. The van der Waals surface area contributed by atoms with Crippen LogP contribution in [0.1, 0.15) is 23.6 Å². The zero-order chi connectivity index (χ0) is 14.5. The van der Waals surface area contributed by atoms with Crippen LogP contribution < -0.4 is 10.6 Å². The van der Waals surface area contributed by atoms with Crippen molar-refractivity contribution in [1.82, 2.24) is 0 Å². The zero-order valence-corrected chi connectivity index (χ0v) is 12.8. The Labute approximate surface area is 126 Å². The van der Waals surface area contributed by atoms with Crippen molar-refractivity contribution in [3.05, 3.63) is 65.2 Å². The quantitative estimate of drug-likeness (QED) is 0.850. The molecule has 0 spiro atoms. The van der Waals surface area contributed by atoms with Gasteiger partial charge >= 0.3 is 0 Å². The van der Waals surface area contributed by atoms with E-state index in [2.05, 4.69) is 55.1 Å². The van der Waals surface area contributed by atoms with Crippen LogP contribution in [-0.4, -0.2) is 11.5 Å². The minimum Gasteiger partial charge on any atom is -0.389 e. The Bertz CT molecular complexity index is 607. The number of anilines is 1. The van der Waals surface area contributed by atoms with Crippen LogP contribution in [0.2, 0.25) is 0 Å². The summed E-state index contributed by atoms with van der Waals surface area (Å²) in [6, 6.07) is 16.7. The molecule has 0 aliphatic carbocycles. The maximum absolute atomic E-state index is 5.69. The maximum atomic E-state index is 5.69. The number of nitrogens with two attached hydrogens (primary N) is 1. The van der Waals surface area contributed by atoms with E-state index in [0.29, 0.717) is 4.99 Å². The van der Waals surface area contributed by atoms with Crippen molar-refractivity contribution in [2.75, 3.05) is 11.4 Å². The lowest BCUT2D eigenvalue weighted by molar-refractivity contribution is 0.831. The molecule has 0 aromatic heterocycles. The number of hydrogen-bond acceptors (Lipinski definition) is 2. The van der Waals surface area contributed by atoms with Crippen molar-refractivity contribution in [1.29, 1.82) is 0 Å². The average Bonchev–Trinajstić information content (AvgIpc) is 2.45. The van der Waals surface area contributed by atoms with E-state index in [1.165, 1.54) is 16.8 Å². The number of rotatable bonds is 5. The Morgan fingerprint density at radius 3 is 2.55 bits per heavy atom. The fraction of sp³-hybridized carbons (Fsp3) is 0.235. The second-order valence-corrected chi connectivity index (χ2v) is 5.36. The van der Waals surface area contributed by atoms with Gasteiger partial charge in [0.15, 0.2) is 0 Å². The second kappa shape index (κ2) is 6.53. The Morgan fingerprint density at radius 2 is 1.90 bits per heavy atom. The molecule has 0 heterocycles. The molecule has 0 fully saturated rings. The highest BCUT2D eigenvalue weighted by Crippen LogP contribution is 2.19. The van der Waals surface area contributed by atoms with E-state index >= 15 is 0 Å². The number of thiocarbonyl (C=S) groups is 1. The van der Waals surface area contributed by atoms with Crippen LogP contribution in [0.25, 0.3) is 0 Å². The van der Waals surface area contributed by atoms with E-state index in [4.69, 9.17) is 18.0 Å². The Kier molecular flexibility index (Phi) is 4.74. The van der Waals surface area contributed by atoms with Crippen LogP contribution in [0.3, 0.4) is 0 Å². The summed E-state index contributed by atoms with van der Waals surface area (Å²) in [4.78, 5) is 2.79. The van der Waals surface area contributed by atoms with Gasteiger partial charge in [-0.15, -0.1) is 0 Å². The van der Waals surface area contributed by atoms with Crippen molar-refractivity contribution in [3.8, 4) is 0 Å². The van der Waals surface area contributed by atoms with Gasteiger partial charge in [0.1, 0.15) is 4.99 Å². The van der Waals surface area contributed by atoms with E-state index in [-0.39, 0.29) is 0 Å². The minimum absolute atomic E-state index is 0.449. The van der Waals surface area contributed by atoms with Gasteiger partial charge in [-0.2, -0.15) is 0 Å². The first-order chi connectivity index (χ1) is 9.60. The highest BCUT2D eigenvalue weighted by molar-refractivity contribution is 7.80. The van der Waals surface area contributed by atoms with Crippen LogP contribution in [0.5, 0.6) is 0 Å². The number of hydrogen-bond donors (Lipinski definition) is 1. The highest BCUT2D eigenvalue weighted by Gasteiger charge is 2.06. The second-order valence-electron chi connectivity index (χ2n) is 4.92. The van der Waals surface area contributed by atoms with E-state index in [9.17, 15) is 0 Å². The molecule has 0 atom stereocenters. The van der Waals surface area contributed by atoms with Crippen LogP contribution >= 0.6 is 12.2 Å². The third kappa shape index (κ3) is 3.58. The van der Waals surface area contributed by atoms with Crippen LogP contribution in [0, 0.1) is 6.92 Å². The van der Waals surface area contributed by atoms with Crippen LogP contribution in [-0.2, 0) is 6.54 Å². The normalized spacial score (nSPS) is 10.3. The van der Waals surface area contributed by atoms with Crippen LogP contribution in [0.4, 0.5) is 5.69 Å². The zero-order valence-electron chi connectivity index (χ0n) is 12.0. The van der Waals surface area contributed by atoms with E-state index in [0.717, 1.165) is 18.7 Å². The van der Waals surface area contributed by atoms with Crippen molar-refractivity contribution < 1.29 is 0 Å². The summed E-state index contributed by atoms with van der Waals surface area (Å²) in [6.45, 7) is 6.10. The van der Waals surface area contributed by atoms with Gasteiger partial charge in [-0.3, -0.25) is 0 Å². The Morgan fingerprint density at radius 1 is 1.15 bits per heavy atom. The summed E-state index contributed by atoms with van der Waals surface area (Å²) in [5, 5.41) is 0. The molecule has 0 amide bonds. The first-order valence-corrected chi connectivity index (χ1v) is 7.21. The van der Waals surface area contributed by atoms with Crippen molar-refractivity contribution in [2.24, 2.45) is 5.73 Å². The molecule has 2 aromatic rings. The van der Waals surface area contributed by atoms with Gasteiger partial charge in [0.25, 0.3) is 0 Å². The van der Waals surface area contributed by atoms with Gasteiger partial charge in [0.05, 0.1) is 0 Å². The van der Waals surface area contributed by atoms with Crippen molar-refractivity contribution in [2.45, 2.75) is 20.4 Å². The standard InChI is InChI=1S/C17H20N2S/c1-3-19(16-9-4-6-13(2)10-16)12-14-7-5-8-15(11-14)17(18)20/h4-11H,3,12H2,1-2H3,(H2,18,20). The molecular weight excluding hydrogens is 264 g/mol. The topological polar surface area (TPSA) is 29.3 Å². The summed E-state index contributed by atoms with van der Waals surface area (Å²) in [5.74, 6) is 0. The summed E-state index contributed by atoms with van der Waals surface area (Å²) in [5.41, 5.74) is 10.4. The first-order valence-electron chi connectivity index (χ1n) is 6.80. The molecule has 2 N–H and O–H groups in total. The SMILES string of the molecule is CCN(Cc1cccc(C(N)=S)c1)c1cccc(C)c1. The van der Waals surface area contributed by atoms with E-state index in [1.807, 2.05) is 12.1 Å². The molecule has 0 radical (unpaired) electrons. The Hall–Kier alpha value is -1.87. The van der Waals surface area contributed by atoms with E-state index < -0.39 is 0 Å². The van der Waals surface area contributed by atoms with Crippen molar-refractivity contribution in [3.63, 3.8) is 0 Å². The molecule has 0 unspecified atom stereocenters. The largest absolute Gasteiger partial charge is 0.389 e. The lowest BCUT2D eigenvalue weighted by atomic mass is 10.1. The third-order valence-electron chi connectivity index (χ3n) is 3.33. The van der Waals surface area contributed by atoms with E-state index in [1.54, 1.807) is 0 Å². The first kappa shape index (κ1) is 14.5. The van der Waals surface area contributed by atoms with Gasteiger partial charge in [-0.05, 0) is 43.2 Å². The smallest absolute Gasteiger partial charge is 0.103 e. The molecule has 20 heavy (non-hydrogen) atoms. The summed E-state index contributed by atoms with van der Waals surface area (Å²) in [7, 11) is 0. The van der Waals surface area contributed by atoms with Crippen molar-refractivity contribution >= 4 is 22.9 Å². The molecule has 2 rings (SSSR count). The molecule has 2 aromatic carbocycles. The summed E-state index contributed by atoms with van der Waals surface area (Å²) in [6.07, 6.45) is 0. The third-order valence-corrected chi connectivity index (χ3v) is 3.57. The predicted molar refractivity (Wildman–Crippen MR) is 90.2 cm³/mol. The fourth-order valence-electron chi connectivity index (χ4n) is 2.25. The molecule has 0 saturated heterocycles. The summed E-state index contributed by atoms with van der Waals surface area (Å²) < 4.78 is 0. The highest BCUT2D eigenvalue weighted by atomic mass is 32.1. The fourth-order valence-corrected chi connectivity index (χ4v) is 2.38.